The molecule has 2 amide bonds. The number of rotatable bonds is 7. The molecule has 31 heavy (non-hydrogen) atoms. The molecule has 11 heteroatoms. The van der Waals surface area contributed by atoms with E-state index < -0.39 is 16.5 Å². The zero-order chi connectivity index (χ0) is 22.5. The van der Waals surface area contributed by atoms with Crippen molar-refractivity contribution >= 4 is 40.5 Å². The van der Waals surface area contributed by atoms with Crippen LogP contribution in [0, 0.1) is 10.1 Å². The standard InChI is InChI=1S/C20H21ClN4O6/c1-3-31-18-9-13(16(25(28)29)10-17(18)30-2)20(27)23-12-4-5-15(14(21)8-12)24-7-6-22-19(26)11-24/h4-5,8-10H,3,6-7,11H2,1-2H3,(H,22,26)(H,23,27). The topological polar surface area (TPSA) is 123 Å². The van der Waals surface area contributed by atoms with Crippen LogP contribution in [0.4, 0.5) is 17.1 Å². The summed E-state index contributed by atoms with van der Waals surface area (Å²) in [6.07, 6.45) is 0. The number of nitrogens with one attached hydrogen (secondary N) is 2. The van der Waals surface area contributed by atoms with E-state index in [-0.39, 0.29) is 29.5 Å². The lowest BCUT2D eigenvalue weighted by atomic mass is 10.1. The summed E-state index contributed by atoms with van der Waals surface area (Å²) in [7, 11) is 1.36. The Morgan fingerprint density at radius 2 is 2.10 bits per heavy atom. The number of nitrogens with zero attached hydrogens (tertiary/aromatic N) is 2. The molecule has 0 unspecified atom stereocenters. The van der Waals surface area contributed by atoms with Gasteiger partial charge in [0.25, 0.3) is 11.6 Å². The third-order valence-corrected chi connectivity index (χ3v) is 4.91. The van der Waals surface area contributed by atoms with Crippen molar-refractivity contribution < 1.29 is 24.0 Å². The monoisotopic (exact) mass is 448 g/mol. The maximum Gasteiger partial charge on any atom is 0.286 e. The van der Waals surface area contributed by atoms with Crippen LogP contribution >= 0.6 is 11.6 Å². The lowest BCUT2D eigenvalue weighted by Gasteiger charge is -2.29. The van der Waals surface area contributed by atoms with Gasteiger partial charge >= 0.3 is 0 Å². The van der Waals surface area contributed by atoms with Crippen LogP contribution in [0.5, 0.6) is 11.5 Å². The highest BCUT2D eigenvalue weighted by Crippen LogP contribution is 2.35. The van der Waals surface area contributed by atoms with Gasteiger partial charge in [-0.1, -0.05) is 11.6 Å². The van der Waals surface area contributed by atoms with E-state index in [1.807, 2.05) is 4.90 Å². The van der Waals surface area contributed by atoms with Crippen molar-refractivity contribution in [2.45, 2.75) is 6.92 Å². The Hall–Kier alpha value is -3.53. The molecule has 0 spiro atoms. The highest BCUT2D eigenvalue weighted by molar-refractivity contribution is 6.33. The Morgan fingerprint density at radius 3 is 2.71 bits per heavy atom. The SMILES string of the molecule is CCOc1cc(C(=O)Nc2ccc(N3CCNC(=O)C3)c(Cl)c2)c([N+](=O)[O-])cc1OC. The normalized spacial score (nSPS) is 13.4. The fourth-order valence-electron chi connectivity index (χ4n) is 3.19. The second-order valence-corrected chi connectivity index (χ2v) is 7.01. The number of anilines is 2. The molecular formula is C20H21ClN4O6. The summed E-state index contributed by atoms with van der Waals surface area (Å²) in [5.41, 5.74) is 0.411. The van der Waals surface area contributed by atoms with Crippen molar-refractivity contribution in [1.29, 1.82) is 0 Å². The van der Waals surface area contributed by atoms with Gasteiger partial charge in [0.15, 0.2) is 11.5 Å². The maximum absolute atomic E-state index is 12.8. The van der Waals surface area contributed by atoms with Crippen LogP contribution in [0.2, 0.25) is 5.02 Å². The molecule has 2 aromatic rings. The summed E-state index contributed by atoms with van der Waals surface area (Å²) in [6.45, 7) is 3.34. The van der Waals surface area contributed by atoms with E-state index in [1.165, 1.54) is 19.2 Å². The van der Waals surface area contributed by atoms with E-state index in [0.29, 0.717) is 36.1 Å². The molecule has 1 aliphatic rings. The van der Waals surface area contributed by atoms with Crippen LogP contribution in [0.1, 0.15) is 17.3 Å². The van der Waals surface area contributed by atoms with E-state index in [4.69, 9.17) is 21.1 Å². The zero-order valence-corrected chi connectivity index (χ0v) is 17.7. The number of ether oxygens (including phenoxy) is 2. The summed E-state index contributed by atoms with van der Waals surface area (Å²) in [5.74, 6) is -0.423. The number of hydrogen-bond acceptors (Lipinski definition) is 7. The minimum atomic E-state index is -0.698. The lowest BCUT2D eigenvalue weighted by Crippen LogP contribution is -2.47. The average Bonchev–Trinajstić information content (AvgIpc) is 2.73. The van der Waals surface area contributed by atoms with Gasteiger partial charge in [-0.05, 0) is 25.1 Å². The maximum atomic E-state index is 12.8. The molecule has 1 aliphatic heterocycles. The third-order valence-electron chi connectivity index (χ3n) is 4.61. The molecule has 3 rings (SSSR count). The number of benzene rings is 2. The summed E-state index contributed by atoms with van der Waals surface area (Å²) < 4.78 is 10.6. The van der Waals surface area contributed by atoms with Crippen molar-refractivity contribution in [2.24, 2.45) is 0 Å². The molecule has 1 fully saturated rings. The van der Waals surface area contributed by atoms with Crippen LogP contribution in [-0.2, 0) is 4.79 Å². The number of nitro benzene ring substituents is 1. The molecule has 1 saturated heterocycles. The predicted molar refractivity (Wildman–Crippen MR) is 115 cm³/mol. The fourth-order valence-corrected chi connectivity index (χ4v) is 3.49. The van der Waals surface area contributed by atoms with E-state index in [9.17, 15) is 19.7 Å². The summed E-state index contributed by atoms with van der Waals surface area (Å²) in [5, 5.41) is 17.2. The molecule has 0 atom stereocenters. The first-order valence-electron chi connectivity index (χ1n) is 9.45. The van der Waals surface area contributed by atoms with Gasteiger partial charge in [-0.15, -0.1) is 0 Å². The molecule has 0 radical (unpaired) electrons. The number of nitro groups is 1. The van der Waals surface area contributed by atoms with Gasteiger partial charge in [0.05, 0.1) is 42.0 Å². The van der Waals surface area contributed by atoms with Crippen LogP contribution < -0.4 is 25.0 Å². The predicted octanol–water partition coefficient (Wildman–Crippen LogP) is 2.84. The van der Waals surface area contributed by atoms with Gasteiger partial charge < -0.3 is 25.0 Å². The Labute approximate surface area is 183 Å². The number of carbonyl (C=O) groups is 2. The van der Waals surface area contributed by atoms with Gasteiger partial charge in [-0.25, -0.2) is 0 Å². The van der Waals surface area contributed by atoms with Crippen LogP contribution in [0.15, 0.2) is 30.3 Å². The quantitative estimate of drug-likeness (QED) is 0.493. The number of hydrogen-bond donors (Lipinski definition) is 2. The van der Waals surface area contributed by atoms with Crippen LogP contribution in [0.3, 0.4) is 0 Å². The van der Waals surface area contributed by atoms with Crippen LogP contribution in [0.25, 0.3) is 0 Å². The number of methoxy groups -OCH3 is 1. The average molecular weight is 449 g/mol. The van der Waals surface area contributed by atoms with Crippen molar-refractivity contribution in [3.63, 3.8) is 0 Å². The Kier molecular flexibility index (Phi) is 6.81. The van der Waals surface area contributed by atoms with Gasteiger partial charge in [-0.2, -0.15) is 0 Å². The highest BCUT2D eigenvalue weighted by atomic mass is 35.5. The zero-order valence-electron chi connectivity index (χ0n) is 16.9. The third kappa shape index (κ3) is 4.97. The summed E-state index contributed by atoms with van der Waals surface area (Å²) >= 11 is 6.36. The lowest BCUT2D eigenvalue weighted by molar-refractivity contribution is -0.385. The van der Waals surface area contributed by atoms with Gasteiger partial charge in [-0.3, -0.25) is 19.7 Å². The molecule has 10 nitrogen and oxygen atoms in total. The minimum absolute atomic E-state index is 0.100. The molecule has 2 N–H and O–H groups in total. The van der Waals surface area contributed by atoms with Crippen molar-refractivity contribution in [3.05, 3.63) is 51.0 Å². The smallest absolute Gasteiger partial charge is 0.286 e. The second-order valence-electron chi connectivity index (χ2n) is 6.60. The largest absolute Gasteiger partial charge is 0.493 e. The van der Waals surface area contributed by atoms with E-state index in [2.05, 4.69) is 10.6 Å². The number of carbonyl (C=O) groups excluding carboxylic acids is 2. The first kappa shape index (κ1) is 22.2. The first-order chi connectivity index (χ1) is 14.8. The Bertz CT molecular complexity index is 1030. The summed E-state index contributed by atoms with van der Waals surface area (Å²) in [4.78, 5) is 37.1. The van der Waals surface area contributed by atoms with E-state index in [1.54, 1.807) is 19.1 Å². The van der Waals surface area contributed by atoms with E-state index >= 15 is 0 Å². The van der Waals surface area contributed by atoms with Crippen molar-refractivity contribution in [2.75, 3.05) is 43.6 Å². The first-order valence-corrected chi connectivity index (χ1v) is 9.83. The number of halogens is 1. The molecule has 0 aromatic heterocycles. The molecule has 1 heterocycles. The van der Waals surface area contributed by atoms with E-state index in [0.717, 1.165) is 6.07 Å². The molecule has 0 bridgehead atoms. The Morgan fingerprint density at radius 1 is 1.32 bits per heavy atom. The van der Waals surface area contributed by atoms with Crippen molar-refractivity contribution in [1.82, 2.24) is 5.32 Å². The second kappa shape index (κ2) is 9.52. The molecule has 0 aliphatic carbocycles. The van der Waals surface area contributed by atoms with Crippen molar-refractivity contribution in [3.8, 4) is 11.5 Å². The van der Waals surface area contributed by atoms with Gasteiger partial charge in [0.1, 0.15) is 5.56 Å². The number of piperazine rings is 1. The summed E-state index contributed by atoms with van der Waals surface area (Å²) in [6, 6.07) is 7.25. The molecule has 2 aromatic carbocycles. The van der Waals surface area contributed by atoms with Gasteiger partial charge in [0, 0.05) is 24.8 Å². The molecule has 164 valence electrons. The minimum Gasteiger partial charge on any atom is -0.493 e. The fraction of sp³-hybridized carbons (Fsp3) is 0.300. The highest BCUT2D eigenvalue weighted by Gasteiger charge is 2.25. The molecule has 0 saturated carbocycles. The van der Waals surface area contributed by atoms with Crippen LogP contribution in [-0.4, -0.2) is 50.1 Å². The Balaban J connectivity index is 1.87. The number of amides is 2. The molecular weight excluding hydrogens is 428 g/mol. The van der Waals surface area contributed by atoms with Gasteiger partial charge in [0.2, 0.25) is 5.91 Å².